The molecule has 12 heavy (non-hydrogen) atoms. The highest BCUT2D eigenvalue weighted by molar-refractivity contribution is 6.31. The molecule has 2 rings (SSSR count). The summed E-state index contributed by atoms with van der Waals surface area (Å²) in [7, 11) is 0. The molecule has 2 N–H and O–H groups in total. The van der Waals surface area contributed by atoms with Crippen molar-refractivity contribution in [2.75, 3.05) is 6.67 Å². The van der Waals surface area contributed by atoms with E-state index < -0.39 is 0 Å². The molecular weight excluding hydrogens is 172 g/mol. The molecule has 0 radical (unpaired) electrons. The molecule has 2 aliphatic rings. The molecule has 0 aromatic heterocycles. The predicted molar refractivity (Wildman–Crippen MR) is 50.5 cm³/mol. The quantitative estimate of drug-likeness (QED) is 0.647. The molecule has 0 bridgehead atoms. The lowest BCUT2D eigenvalue weighted by molar-refractivity contribution is 0.803. The topological polar surface area (TPSA) is 24.1 Å². The van der Waals surface area contributed by atoms with Crippen LogP contribution in [0.3, 0.4) is 0 Å². The van der Waals surface area contributed by atoms with Gasteiger partial charge >= 0.3 is 0 Å². The molecule has 0 amide bonds. The van der Waals surface area contributed by atoms with E-state index >= 15 is 0 Å². The molecule has 0 saturated carbocycles. The van der Waals surface area contributed by atoms with Gasteiger partial charge in [0.05, 0.1) is 12.4 Å². The Kier molecular flexibility index (Phi) is 2.09. The van der Waals surface area contributed by atoms with Crippen LogP contribution in [0.5, 0.6) is 0 Å². The summed E-state index contributed by atoms with van der Waals surface area (Å²) in [5.74, 6) is 0. The van der Waals surface area contributed by atoms with E-state index in [-0.39, 0.29) is 0 Å². The molecule has 0 saturated heterocycles. The lowest BCUT2D eigenvalue weighted by atomic mass is 10.0. The van der Waals surface area contributed by atoms with Crippen molar-refractivity contribution in [3.8, 4) is 0 Å². The van der Waals surface area contributed by atoms with Crippen molar-refractivity contribution in [3.05, 3.63) is 34.7 Å². The SMILES string of the molecule is ClC1=CCCC(C2=CNCN2)=C1. The second-order valence-electron chi connectivity index (χ2n) is 2.91. The fourth-order valence-electron chi connectivity index (χ4n) is 1.43. The molecule has 0 aromatic rings. The summed E-state index contributed by atoms with van der Waals surface area (Å²) in [5, 5.41) is 7.20. The van der Waals surface area contributed by atoms with Crippen molar-refractivity contribution in [1.29, 1.82) is 0 Å². The van der Waals surface area contributed by atoms with Crippen LogP contribution in [0, 0.1) is 0 Å². The standard InChI is InChI=1S/C9H11ClN2/c10-8-3-1-2-7(4-8)9-5-11-6-12-9/h3-5,11-12H,1-2,6H2. The van der Waals surface area contributed by atoms with Gasteiger partial charge in [0.15, 0.2) is 0 Å². The molecule has 2 nitrogen and oxygen atoms in total. The first-order valence-electron chi connectivity index (χ1n) is 4.10. The van der Waals surface area contributed by atoms with Crippen LogP contribution in [0.2, 0.25) is 0 Å². The summed E-state index contributed by atoms with van der Waals surface area (Å²) >= 11 is 5.90. The Morgan fingerprint density at radius 3 is 3.00 bits per heavy atom. The van der Waals surface area contributed by atoms with Gasteiger partial charge in [-0.05, 0) is 24.5 Å². The zero-order chi connectivity index (χ0) is 8.39. The maximum absolute atomic E-state index is 5.90. The van der Waals surface area contributed by atoms with Gasteiger partial charge < -0.3 is 10.6 Å². The Balaban J connectivity index is 2.17. The van der Waals surface area contributed by atoms with Crippen LogP contribution in [-0.4, -0.2) is 6.67 Å². The molecule has 0 atom stereocenters. The van der Waals surface area contributed by atoms with Crippen molar-refractivity contribution in [2.45, 2.75) is 12.8 Å². The fourth-order valence-corrected chi connectivity index (χ4v) is 1.67. The largest absolute Gasteiger partial charge is 0.372 e. The van der Waals surface area contributed by atoms with Crippen LogP contribution in [0.1, 0.15) is 12.8 Å². The zero-order valence-corrected chi connectivity index (χ0v) is 7.49. The number of rotatable bonds is 1. The second kappa shape index (κ2) is 3.23. The van der Waals surface area contributed by atoms with E-state index in [2.05, 4.69) is 10.6 Å². The van der Waals surface area contributed by atoms with E-state index in [1.165, 1.54) is 11.3 Å². The lowest BCUT2D eigenvalue weighted by Gasteiger charge is -2.11. The van der Waals surface area contributed by atoms with Gasteiger partial charge in [-0.3, -0.25) is 0 Å². The van der Waals surface area contributed by atoms with Gasteiger partial charge in [0.1, 0.15) is 0 Å². The average Bonchev–Trinajstić information content (AvgIpc) is 2.56. The maximum Gasteiger partial charge on any atom is 0.0846 e. The molecule has 1 aliphatic heterocycles. The fraction of sp³-hybridized carbons (Fsp3) is 0.333. The van der Waals surface area contributed by atoms with Gasteiger partial charge in [-0.2, -0.15) is 0 Å². The third kappa shape index (κ3) is 1.48. The van der Waals surface area contributed by atoms with E-state index in [1.54, 1.807) is 0 Å². The van der Waals surface area contributed by atoms with Gasteiger partial charge in [-0.15, -0.1) is 0 Å². The number of hydrogen-bond acceptors (Lipinski definition) is 2. The minimum atomic E-state index is 0.827. The van der Waals surface area contributed by atoms with Crippen molar-refractivity contribution in [2.24, 2.45) is 0 Å². The Labute approximate surface area is 77.0 Å². The monoisotopic (exact) mass is 182 g/mol. The molecule has 0 unspecified atom stereocenters. The van der Waals surface area contributed by atoms with Gasteiger partial charge in [-0.25, -0.2) is 0 Å². The molecule has 1 aliphatic carbocycles. The summed E-state index contributed by atoms with van der Waals surface area (Å²) in [5.41, 5.74) is 2.48. The smallest absolute Gasteiger partial charge is 0.0846 e. The number of allylic oxidation sites excluding steroid dienone is 4. The summed E-state index contributed by atoms with van der Waals surface area (Å²) < 4.78 is 0. The Morgan fingerprint density at radius 2 is 2.33 bits per heavy atom. The van der Waals surface area contributed by atoms with Gasteiger partial charge in [0.25, 0.3) is 0 Å². The van der Waals surface area contributed by atoms with Gasteiger partial charge in [0.2, 0.25) is 0 Å². The molecule has 3 heteroatoms. The van der Waals surface area contributed by atoms with Crippen LogP contribution in [0.15, 0.2) is 34.7 Å². The van der Waals surface area contributed by atoms with Crippen LogP contribution in [0.4, 0.5) is 0 Å². The van der Waals surface area contributed by atoms with Crippen molar-refractivity contribution < 1.29 is 0 Å². The van der Waals surface area contributed by atoms with Gasteiger partial charge in [0, 0.05) is 11.2 Å². The molecular formula is C9H11ClN2. The highest BCUT2D eigenvalue weighted by Gasteiger charge is 2.10. The minimum Gasteiger partial charge on any atom is -0.372 e. The number of nitrogens with one attached hydrogen (secondary N) is 2. The summed E-state index contributed by atoms with van der Waals surface area (Å²) in [6.45, 7) is 0.827. The van der Waals surface area contributed by atoms with E-state index in [0.717, 1.165) is 24.5 Å². The first-order chi connectivity index (χ1) is 5.86. The van der Waals surface area contributed by atoms with E-state index in [0.29, 0.717) is 0 Å². The minimum absolute atomic E-state index is 0.827. The van der Waals surface area contributed by atoms with E-state index in [4.69, 9.17) is 11.6 Å². The molecule has 1 heterocycles. The van der Waals surface area contributed by atoms with E-state index in [1.807, 2.05) is 18.4 Å². The van der Waals surface area contributed by atoms with Crippen LogP contribution in [0.25, 0.3) is 0 Å². The summed E-state index contributed by atoms with van der Waals surface area (Å²) in [4.78, 5) is 0. The molecule has 0 fully saturated rings. The normalized spacial score (nSPS) is 21.9. The molecule has 0 spiro atoms. The Bertz CT molecular complexity index is 276. The highest BCUT2D eigenvalue weighted by atomic mass is 35.5. The van der Waals surface area contributed by atoms with Crippen LogP contribution >= 0.6 is 11.6 Å². The van der Waals surface area contributed by atoms with Crippen LogP contribution < -0.4 is 10.6 Å². The van der Waals surface area contributed by atoms with Crippen LogP contribution in [-0.2, 0) is 0 Å². The predicted octanol–water partition coefficient (Wildman–Crippen LogP) is 1.82. The average molecular weight is 183 g/mol. The number of hydrogen-bond donors (Lipinski definition) is 2. The molecule has 64 valence electrons. The summed E-state index contributed by atoms with van der Waals surface area (Å²) in [6, 6.07) is 0. The maximum atomic E-state index is 5.90. The van der Waals surface area contributed by atoms with Crippen molar-refractivity contribution in [1.82, 2.24) is 10.6 Å². The van der Waals surface area contributed by atoms with E-state index in [9.17, 15) is 0 Å². The summed E-state index contributed by atoms with van der Waals surface area (Å²) in [6.07, 6.45) is 8.20. The number of halogens is 1. The van der Waals surface area contributed by atoms with Crippen molar-refractivity contribution >= 4 is 11.6 Å². The first kappa shape index (κ1) is 7.74. The zero-order valence-electron chi connectivity index (χ0n) is 6.73. The van der Waals surface area contributed by atoms with Crippen molar-refractivity contribution in [3.63, 3.8) is 0 Å². The lowest BCUT2D eigenvalue weighted by Crippen LogP contribution is -2.15. The second-order valence-corrected chi connectivity index (χ2v) is 3.35. The Hall–Kier alpha value is -0.890. The third-order valence-electron chi connectivity index (χ3n) is 2.04. The highest BCUT2D eigenvalue weighted by Crippen LogP contribution is 2.24. The third-order valence-corrected chi connectivity index (χ3v) is 2.30. The Morgan fingerprint density at radius 1 is 1.42 bits per heavy atom. The molecule has 0 aromatic carbocycles. The first-order valence-corrected chi connectivity index (χ1v) is 4.48. The van der Waals surface area contributed by atoms with Gasteiger partial charge in [-0.1, -0.05) is 17.7 Å².